The van der Waals surface area contributed by atoms with Crippen LogP contribution in [0.25, 0.3) is 0 Å². The van der Waals surface area contributed by atoms with Crippen LogP contribution in [0.3, 0.4) is 0 Å². The first-order valence-electron chi connectivity index (χ1n) is 7.89. The van der Waals surface area contributed by atoms with Crippen LogP contribution in [0.5, 0.6) is 0 Å². The second-order valence-electron chi connectivity index (χ2n) is 5.62. The minimum atomic E-state index is -0.740. The molecule has 0 N–H and O–H groups in total. The lowest BCUT2D eigenvalue weighted by Gasteiger charge is -2.18. The maximum atomic E-state index is 12.7. The summed E-state index contributed by atoms with van der Waals surface area (Å²) in [6.07, 6.45) is 0. The smallest absolute Gasteiger partial charge is 0.338 e. The van der Waals surface area contributed by atoms with Gasteiger partial charge in [0.1, 0.15) is 0 Å². The minimum Gasteiger partial charge on any atom is -0.462 e. The van der Waals surface area contributed by atoms with E-state index in [2.05, 4.69) is 0 Å². The molecule has 0 aliphatic carbocycles. The summed E-state index contributed by atoms with van der Waals surface area (Å²) < 4.78 is 4.86. The highest BCUT2D eigenvalue weighted by atomic mass is 35.5. The van der Waals surface area contributed by atoms with Crippen LogP contribution in [0.4, 0.5) is 5.69 Å². The Labute approximate surface area is 165 Å². The molecular formula is C18H16Cl2N2O5. The van der Waals surface area contributed by atoms with E-state index < -0.39 is 16.8 Å². The van der Waals surface area contributed by atoms with Crippen LogP contribution >= 0.6 is 23.2 Å². The van der Waals surface area contributed by atoms with Crippen LogP contribution in [-0.2, 0) is 11.3 Å². The quantitative estimate of drug-likeness (QED) is 0.401. The first-order valence-corrected chi connectivity index (χ1v) is 8.65. The van der Waals surface area contributed by atoms with Crippen molar-refractivity contribution >= 4 is 40.8 Å². The molecule has 9 heteroatoms. The number of esters is 1. The Hall–Kier alpha value is -2.64. The molecule has 7 nitrogen and oxygen atoms in total. The Kier molecular flexibility index (Phi) is 6.76. The van der Waals surface area contributed by atoms with Gasteiger partial charge in [-0.2, -0.15) is 0 Å². The Morgan fingerprint density at radius 2 is 1.85 bits per heavy atom. The number of non-ortho nitro benzene ring substituents is 1. The molecule has 0 aromatic heterocycles. The lowest BCUT2D eigenvalue weighted by molar-refractivity contribution is -0.384. The van der Waals surface area contributed by atoms with Crippen LogP contribution in [0.1, 0.15) is 33.2 Å². The molecule has 0 aliphatic heterocycles. The number of hydrogen-bond acceptors (Lipinski definition) is 5. The highest BCUT2D eigenvalue weighted by Crippen LogP contribution is 2.27. The van der Waals surface area contributed by atoms with E-state index in [0.29, 0.717) is 15.6 Å². The van der Waals surface area contributed by atoms with E-state index in [1.165, 1.54) is 18.0 Å². The van der Waals surface area contributed by atoms with Crippen LogP contribution in [0.15, 0.2) is 36.4 Å². The lowest BCUT2D eigenvalue weighted by atomic mass is 10.1. The van der Waals surface area contributed by atoms with Gasteiger partial charge < -0.3 is 9.64 Å². The predicted octanol–water partition coefficient (Wildman–Crippen LogP) is 4.35. The molecule has 2 rings (SSSR count). The Bertz CT molecular complexity index is 901. The number of ether oxygens (including phenoxy) is 1. The number of nitrogens with zero attached hydrogens (tertiary/aromatic N) is 2. The van der Waals surface area contributed by atoms with Crippen LogP contribution in [-0.4, -0.2) is 35.4 Å². The summed E-state index contributed by atoms with van der Waals surface area (Å²) in [5.41, 5.74) is 0.172. The molecule has 0 aliphatic rings. The van der Waals surface area contributed by atoms with Crippen molar-refractivity contribution in [3.8, 4) is 0 Å². The van der Waals surface area contributed by atoms with Gasteiger partial charge in [-0.25, -0.2) is 4.79 Å². The van der Waals surface area contributed by atoms with E-state index in [1.807, 2.05) is 0 Å². The molecule has 0 heterocycles. The van der Waals surface area contributed by atoms with Crippen LogP contribution in [0.2, 0.25) is 10.0 Å². The van der Waals surface area contributed by atoms with Crippen LogP contribution in [0, 0.1) is 10.1 Å². The summed E-state index contributed by atoms with van der Waals surface area (Å²) in [4.78, 5) is 36.5. The van der Waals surface area contributed by atoms with Crippen molar-refractivity contribution in [2.75, 3.05) is 13.7 Å². The van der Waals surface area contributed by atoms with Crippen molar-refractivity contribution in [3.63, 3.8) is 0 Å². The average Bonchev–Trinajstić information content (AvgIpc) is 2.64. The van der Waals surface area contributed by atoms with Crippen molar-refractivity contribution < 1.29 is 19.2 Å². The largest absolute Gasteiger partial charge is 0.462 e. The van der Waals surface area contributed by atoms with E-state index in [-0.39, 0.29) is 30.0 Å². The van der Waals surface area contributed by atoms with Gasteiger partial charge in [0.15, 0.2) is 0 Å². The molecule has 0 unspecified atom stereocenters. The topological polar surface area (TPSA) is 89.8 Å². The molecule has 0 saturated heterocycles. The molecule has 1 amide bonds. The summed E-state index contributed by atoms with van der Waals surface area (Å²) in [5.74, 6) is -1.25. The number of halogens is 2. The molecule has 0 radical (unpaired) electrons. The van der Waals surface area contributed by atoms with E-state index in [1.54, 1.807) is 25.1 Å². The van der Waals surface area contributed by atoms with E-state index in [4.69, 9.17) is 27.9 Å². The summed E-state index contributed by atoms with van der Waals surface area (Å²) in [7, 11) is 1.52. The molecule has 142 valence electrons. The molecule has 2 aromatic carbocycles. The minimum absolute atomic E-state index is 0.00657. The van der Waals surface area contributed by atoms with Crippen molar-refractivity contribution in [2.24, 2.45) is 0 Å². The molecule has 0 atom stereocenters. The normalized spacial score (nSPS) is 10.4. The molecule has 0 spiro atoms. The van der Waals surface area contributed by atoms with E-state index in [9.17, 15) is 19.7 Å². The van der Waals surface area contributed by atoms with Gasteiger partial charge in [0.2, 0.25) is 0 Å². The molecule has 0 fully saturated rings. The SMILES string of the molecule is CCOC(=O)c1cc(C(=O)N(C)Cc2cccc(Cl)c2Cl)cc([N+](=O)[O-])c1. The van der Waals surface area contributed by atoms with E-state index >= 15 is 0 Å². The van der Waals surface area contributed by atoms with Gasteiger partial charge >= 0.3 is 5.97 Å². The third-order valence-electron chi connectivity index (χ3n) is 3.67. The van der Waals surface area contributed by atoms with Crippen LogP contribution < -0.4 is 0 Å². The Morgan fingerprint density at radius 3 is 2.48 bits per heavy atom. The average molecular weight is 411 g/mol. The monoisotopic (exact) mass is 410 g/mol. The summed E-state index contributed by atoms with van der Waals surface area (Å²) in [6, 6.07) is 8.50. The van der Waals surface area contributed by atoms with Gasteiger partial charge in [0.25, 0.3) is 11.6 Å². The third-order valence-corrected chi connectivity index (χ3v) is 4.53. The van der Waals surface area contributed by atoms with Gasteiger partial charge in [-0.3, -0.25) is 14.9 Å². The maximum absolute atomic E-state index is 12.7. The fourth-order valence-corrected chi connectivity index (χ4v) is 2.77. The molecule has 0 saturated carbocycles. The molecule has 27 heavy (non-hydrogen) atoms. The highest BCUT2D eigenvalue weighted by molar-refractivity contribution is 6.42. The molecule has 0 bridgehead atoms. The molecule has 2 aromatic rings. The van der Waals surface area contributed by atoms with Crippen molar-refractivity contribution in [3.05, 3.63) is 73.2 Å². The number of nitro groups is 1. The summed E-state index contributed by atoms with van der Waals surface area (Å²) >= 11 is 12.1. The number of nitro benzene ring substituents is 1. The second-order valence-corrected chi connectivity index (χ2v) is 6.41. The van der Waals surface area contributed by atoms with Crippen molar-refractivity contribution in [1.29, 1.82) is 0 Å². The van der Waals surface area contributed by atoms with E-state index in [0.717, 1.165) is 12.1 Å². The highest BCUT2D eigenvalue weighted by Gasteiger charge is 2.21. The zero-order valence-corrected chi connectivity index (χ0v) is 16.1. The van der Waals surface area contributed by atoms with Gasteiger partial charge in [-0.05, 0) is 24.6 Å². The van der Waals surface area contributed by atoms with Gasteiger partial charge in [-0.1, -0.05) is 35.3 Å². The van der Waals surface area contributed by atoms with Gasteiger partial charge in [-0.15, -0.1) is 0 Å². The predicted molar refractivity (Wildman–Crippen MR) is 101 cm³/mol. The summed E-state index contributed by atoms with van der Waals surface area (Å²) in [5, 5.41) is 11.8. The lowest BCUT2D eigenvalue weighted by Crippen LogP contribution is -2.26. The second kappa shape index (κ2) is 8.83. The maximum Gasteiger partial charge on any atom is 0.338 e. The number of benzene rings is 2. The molecular weight excluding hydrogens is 395 g/mol. The van der Waals surface area contributed by atoms with Gasteiger partial charge in [0, 0.05) is 31.3 Å². The fraction of sp³-hybridized carbons (Fsp3) is 0.222. The fourth-order valence-electron chi connectivity index (χ4n) is 2.39. The zero-order valence-electron chi connectivity index (χ0n) is 14.6. The summed E-state index contributed by atoms with van der Waals surface area (Å²) in [6.45, 7) is 1.86. The van der Waals surface area contributed by atoms with Crippen molar-refractivity contribution in [1.82, 2.24) is 4.90 Å². The zero-order chi connectivity index (χ0) is 20.1. The number of amides is 1. The number of hydrogen-bond donors (Lipinski definition) is 0. The Morgan fingerprint density at radius 1 is 1.19 bits per heavy atom. The van der Waals surface area contributed by atoms with Gasteiger partial charge in [0.05, 0.1) is 27.1 Å². The standard InChI is InChI=1S/C18H16Cl2N2O5/c1-3-27-18(24)13-7-12(8-14(9-13)22(25)26)17(23)21(2)10-11-5-4-6-15(19)16(11)20/h4-9H,3,10H2,1-2H3. The number of rotatable bonds is 6. The first-order chi connectivity index (χ1) is 12.7. The first kappa shape index (κ1) is 20.7. The number of carbonyl (C=O) groups is 2. The Balaban J connectivity index is 2.34. The van der Waals surface area contributed by atoms with Crippen molar-refractivity contribution in [2.45, 2.75) is 13.5 Å². The number of carbonyl (C=O) groups excluding carboxylic acids is 2. The third kappa shape index (κ3) is 4.96.